The van der Waals surface area contributed by atoms with Crippen LogP contribution in [0.1, 0.15) is 25.3 Å². The van der Waals surface area contributed by atoms with Gasteiger partial charge in [-0.2, -0.15) is 0 Å². The van der Waals surface area contributed by atoms with Gasteiger partial charge in [0, 0.05) is 12.3 Å². The minimum Gasteiger partial charge on any atom is -0.394 e. The van der Waals surface area contributed by atoms with Crippen LogP contribution in [0.15, 0.2) is 24.4 Å². The van der Waals surface area contributed by atoms with Gasteiger partial charge in [0.25, 0.3) is 0 Å². The molecule has 1 fully saturated rings. The molecule has 2 N–H and O–H groups in total. The van der Waals surface area contributed by atoms with Gasteiger partial charge in [-0.1, -0.05) is 17.7 Å². The Bertz CT molecular complexity index is 483. The van der Waals surface area contributed by atoms with Crippen molar-refractivity contribution in [1.82, 2.24) is 10.3 Å². The molecule has 4 nitrogen and oxygen atoms in total. The first kappa shape index (κ1) is 14.0. The van der Waals surface area contributed by atoms with Gasteiger partial charge in [0.2, 0.25) is 5.91 Å². The van der Waals surface area contributed by atoms with Crippen LogP contribution in [-0.2, 0) is 4.79 Å². The van der Waals surface area contributed by atoms with E-state index < -0.39 is 5.54 Å². The van der Waals surface area contributed by atoms with Crippen LogP contribution < -0.4 is 5.32 Å². The largest absolute Gasteiger partial charge is 0.394 e. The molecule has 0 aliphatic heterocycles. The molecule has 1 heterocycles. The number of hydrogen-bond donors (Lipinski definition) is 2. The Hall–Kier alpha value is -1.39. The highest BCUT2D eigenvalue weighted by Crippen LogP contribution is 2.39. The first-order valence-electron chi connectivity index (χ1n) is 6.26. The number of hydrogen-bond acceptors (Lipinski definition) is 3. The number of nitrogens with zero attached hydrogens (tertiary/aromatic N) is 1. The lowest BCUT2D eigenvalue weighted by Gasteiger charge is -2.28. The molecule has 102 valence electrons. The Morgan fingerprint density at radius 3 is 2.89 bits per heavy atom. The number of rotatable bonds is 5. The number of aromatic nitrogens is 1. The maximum Gasteiger partial charge on any atom is 0.244 e. The van der Waals surface area contributed by atoms with Crippen molar-refractivity contribution in [2.75, 3.05) is 6.61 Å². The van der Waals surface area contributed by atoms with Crippen molar-refractivity contribution in [3.05, 3.63) is 35.1 Å². The fourth-order valence-corrected chi connectivity index (χ4v) is 2.08. The average molecular weight is 281 g/mol. The van der Waals surface area contributed by atoms with Crippen LogP contribution in [-0.4, -0.2) is 28.1 Å². The van der Waals surface area contributed by atoms with Gasteiger partial charge < -0.3 is 10.4 Å². The van der Waals surface area contributed by atoms with Gasteiger partial charge in [-0.25, -0.2) is 4.98 Å². The van der Waals surface area contributed by atoms with Gasteiger partial charge >= 0.3 is 0 Å². The molecule has 0 aromatic carbocycles. The van der Waals surface area contributed by atoms with Crippen molar-refractivity contribution >= 4 is 23.6 Å². The third kappa shape index (κ3) is 3.78. The molecule has 1 aromatic heterocycles. The number of pyridine rings is 1. The summed E-state index contributed by atoms with van der Waals surface area (Å²) in [6.45, 7) is 1.83. The van der Waals surface area contributed by atoms with Crippen molar-refractivity contribution in [1.29, 1.82) is 0 Å². The number of carbonyl (C=O) groups excluding carboxylic acids is 1. The lowest BCUT2D eigenvalue weighted by molar-refractivity contribution is -0.119. The minimum atomic E-state index is -0.514. The van der Waals surface area contributed by atoms with Gasteiger partial charge in [0.1, 0.15) is 5.15 Å². The highest BCUT2D eigenvalue weighted by molar-refractivity contribution is 6.29. The summed E-state index contributed by atoms with van der Waals surface area (Å²) >= 11 is 5.68. The smallest absolute Gasteiger partial charge is 0.244 e. The second-order valence-electron chi connectivity index (χ2n) is 5.09. The average Bonchev–Trinajstić information content (AvgIpc) is 3.22. The third-order valence-electron chi connectivity index (χ3n) is 3.39. The van der Waals surface area contributed by atoms with Crippen LogP contribution in [0.4, 0.5) is 0 Å². The zero-order valence-electron chi connectivity index (χ0n) is 10.8. The predicted octanol–water partition coefficient (Wildman–Crippen LogP) is 2.03. The minimum absolute atomic E-state index is 0.0419. The molecular weight excluding hydrogens is 264 g/mol. The Morgan fingerprint density at radius 1 is 1.63 bits per heavy atom. The van der Waals surface area contributed by atoms with E-state index >= 15 is 0 Å². The molecule has 5 heteroatoms. The lowest BCUT2D eigenvalue weighted by atomic mass is 9.97. The molecule has 1 aliphatic rings. The van der Waals surface area contributed by atoms with E-state index in [2.05, 4.69) is 10.3 Å². The van der Waals surface area contributed by atoms with E-state index in [-0.39, 0.29) is 12.5 Å². The molecular formula is C14H17ClN2O2. The summed E-state index contributed by atoms with van der Waals surface area (Å²) in [6, 6.07) is 3.45. The van der Waals surface area contributed by atoms with Crippen LogP contribution >= 0.6 is 11.6 Å². The first-order valence-corrected chi connectivity index (χ1v) is 6.64. The molecule has 1 aliphatic carbocycles. The van der Waals surface area contributed by atoms with Crippen molar-refractivity contribution < 1.29 is 9.90 Å². The predicted molar refractivity (Wildman–Crippen MR) is 74.6 cm³/mol. The van der Waals surface area contributed by atoms with E-state index in [0.29, 0.717) is 11.1 Å². The van der Waals surface area contributed by atoms with Gasteiger partial charge in [0.05, 0.1) is 12.1 Å². The molecule has 0 saturated heterocycles. The maximum atomic E-state index is 11.8. The molecule has 19 heavy (non-hydrogen) atoms. The van der Waals surface area contributed by atoms with Crippen molar-refractivity contribution in [3.8, 4) is 0 Å². The third-order valence-corrected chi connectivity index (χ3v) is 3.62. The lowest BCUT2D eigenvalue weighted by Crippen LogP contribution is -2.50. The highest BCUT2D eigenvalue weighted by atomic mass is 35.5. The number of aliphatic hydroxyl groups excluding tert-OH is 1. The van der Waals surface area contributed by atoms with Crippen molar-refractivity contribution in [2.45, 2.75) is 25.3 Å². The molecule has 2 rings (SSSR count). The summed E-state index contributed by atoms with van der Waals surface area (Å²) in [5.41, 5.74) is 0.288. The summed E-state index contributed by atoms with van der Waals surface area (Å²) in [5, 5.41) is 12.7. The number of halogens is 1. The second kappa shape index (κ2) is 5.72. The Labute approximate surface area is 117 Å². The zero-order chi connectivity index (χ0) is 13.9. The number of nitrogens with one attached hydrogen (secondary N) is 1. The summed E-state index contributed by atoms with van der Waals surface area (Å²) in [7, 11) is 0. The van der Waals surface area contributed by atoms with E-state index in [1.807, 2.05) is 6.92 Å². The monoisotopic (exact) mass is 280 g/mol. The molecule has 0 radical (unpaired) electrons. The molecule has 1 amide bonds. The standard InChI is InChI=1S/C14H17ClN2O2/c1-14(9-18,11-4-5-11)17-13(19)7-3-10-2-6-12(15)16-8-10/h2-3,6-8,11,18H,4-5,9H2,1H3,(H,17,19)/b7-3+. The fraction of sp³-hybridized carbons (Fsp3) is 0.429. The summed E-state index contributed by atoms with van der Waals surface area (Å²) in [5.74, 6) is 0.172. The molecule has 1 saturated carbocycles. The number of amides is 1. The first-order chi connectivity index (χ1) is 9.03. The van der Waals surface area contributed by atoms with Crippen LogP contribution in [0, 0.1) is 5.92 Å². The van der Waals surface area contributed by atoms with Crippen LogP contribution in [0.25, 0.3) is 6.08 Å². The number of aliphatic hydroxyl groups is 1. The zero-order valence-corrected chi connectivity index (χ0v) is 11.5. The summed E-state index contributed by atoms with van der Waals surface area (Å²) in [4.78, 5) is 15.8. The molecule has 1 atom stereocenters. The summed E-state index contributed by atoms with van der Waals surface area (Å²) < 4.78 is 0. The Morgan fingerprint density at radius 2 is 2.37 bits per heavy atom. The van der Waals surface area contributed by atoms with Gasteiger partial charge in [-0.3, -0.25) is 4.79 Å². The van der Waals surface area contributed by atoms with Crippen LogP contribution in [0.5, 0.6) is 0 Å². The van der Waals surface area contributed by atoms with Crippen LogP contribution in [0.3, 0.4) is 0 Å². The molecule has 1 unspecified atom stereocenters. The topological polar surface area (TPSA) is 62.2 Å². The Kier molecular flexibility index (Phi) is 4.22. The number of carbonyl (C=O) groups is 1. The van der Waals surface area contributed by atoms with Gasteiger partial charge in [0.15, 0.2) is 0 Å². The quantitative estimate of drug-likeness (QED) is 0.641. The normalized spacial score (nSPS) is 18.3. The molecule has 0 spiro atoms. The molecule has 1 aromatic rings. The van der Waals surface area contributed by atoms with Crippen molar-refractivity contribution in [3.63, 3.8) is 0 Å². The highest BCUT2D eigenvalue weighted by Gasteiger charge is 2.41. The van der Waals surface area contributed by atoms with E-state index in [4.69, 9.17) is 11.6 Å². The van der Waals surface area contributed by atoms with E-state index in [9.17, 15) is 9.90 Å². The van der Waals surface area contributed by atoms with E-state index in [0.717, 1.165) is 18.4 Å². The SMILES string of the molecule is CC(CO)(NC(=O)/C=C/c1ccc(Cl)nc1)C1CC1. The van der Waals surface area contributed by atoms with E-state index in [1.165, 1.54) is 6.08 Å². The Balaban J connectivity index is 1.95. The van der Waals surface area contributed by atoms with Crippen LogP contribution in [0.2, 0.25) is 5.15 Å². The van der Waals surface area contributed by atoms with E-state index in [1.54, 1.807) is 24.4 Å². The maximum absolute atomic E-state index is 11.8. The fourth-order valence-electron chi connectivity index (χ4n) is 1.97. The second-order valence-corrected chi connectivity index (χ2v) is 5.47. The van der Waals surface area contributed by atoms with Crippen molar-refractivity contribution in [2.24, 2.45) is 5.92 Å². The summed E-state index contributed by atoms with van der Waals surface area (Å²) in [6.07, 6.45) is 6.83. The molecule has 0 bridgehead atoms. The van der Waals surface area contributed by atoms with Gasteiger partial charge in [-0.15, -0.1) is 0 Å². The van der Waals surface area contributed by atoms with Gasteiger partial charge in [-0.05, 0) is 43.4 Å².